The summed E-state index contributed by atoms with van der Waals surface area (Å²) in [5.41, 5.74) is -0.268. The smallest absolute Gasteiger partial charge is 0.293 e. The first kappa shape index (κ1) is 14.4. The molecule has 1 N–H and O–H groups in total. The van der Waals surface area contributed by atoms with Gasteiger partial charge in [0.05, 0.1) is 17.2 Å². The molecule has 7 nitrogen and oxygen atoms in total. The highest BCUT2D eigenvalue weighted by Crippen LogP contribution is 2.16. The highest BCUT2D eigenvalue weighted by atomic mass is 35.5. The Morgan fingerprint density at radius 3 is 3.00 bits per heavy atom. The normalized spacial score (nSPS) is 11.3. The molecule has 2 aromatic heterocycles. The Morgan fingerprint density at radius 2 is 2.23 bits per heavy atom. The van der Waals surface area contributed by atoms with E-state index in [4.69, 9.17) is 28.2 Å². The lowest BCUT2D eigenvalue weighted by Crippen LogP contribution is -2.19. The molecular weight excluding hydrogens is 328 g/mol. The molecular formula is C13H7ClN4O3S. The number of aromatic nitrogens is 3. The Bertz CT molecular complexity index is 1040. The standard InChI is InChI=1S/C13H7ClN4O3S/c14-8-1-2-10-9(3-8)12(20)7(6-21-10)4-16-18-11(19)5-15-17-13(18)22/h1-6H,(H,17,22)/b16-4+. The molecule has 2 heterocycles. The average molecular weight is 335 g/mol. The lowest BCUT2D eigenvalue weighted by atomic mass is 10.2. The van der Waals surface area contributed by atoms with E-state index in [1.807, 2.05) is 0 Å². The van der Waals surface area contributed by atoms with Gasteiger partial charge < -0.3 is 4.42 Å². The third kappa shape index (κ3) is 2.61. The van der Waals surface area contributed by atoms with Crippen LogP contribution in [0.3, 0.4) is 0 Å². The van der Waals surface area contributed by atoms with Crippen molar-refractivity contribution >= 4 is 41.0 Å². The van der Waals surface area contributed by atoms with Gasteiger partial charge >= 0.3 is 0 Å². The minimum Gasteiger partial charge on any atom is -0.463 e. The number of nitrogens with zero attached hydrogens (tertiary/aromatic N) is 3. The first-order chi connectivity index (χ1) is 10.6. The van der Waals surface area contributed by atoms with E-state index < -0.39 is 5.56 Å². The lowest BCUT2D eigenvalue weighted by molar-refractivity contribution is 0.601. The molecule has 0 aliphatic carbocycles. The Labute approximate surface area is 132 Å². The van der Waals surface area contributed by atoms with Gasteiger partial charge in [-0.3, -0.25) is 14.7 Å². The molecule has 0 unspecified atom stereocenters. The zero-order chi connectivity index (χ0) is 15.7. The average Bonchev–Trinajstić information content (AvgIpc) is 2.49. The summed E-state index contributed by atoms with van der Waals surface area (Å²) >= 11 is 10.8. The molecule has 0 aliphatic rings. The van der Waals surface area contributed by atoms with Gasteiger partial charge in [-0.1, -0.05) is 11.6 Å². The Balaban J connectivity index is 2.14. The Hall–Kier alpha value is -2.58. The van der Waals surface area contributed by atoms with Crippen molar-refractivity contribution in [1.82, 2.24) is 14.9 Å². The van der Waals surface area contributed by atoms with Crippen LogP contribution in [0.25, 0.3) is 11.0 Å². The summed E-state index contributed by atoms with van der Waals surface area (Å²) in [5.74, 6) is 0. The maximum absolute atomic E-state index is 12.3. The minimum absolute atomic E-state index is 0.0111. The molecule has 3 aromatic rings. The van der Waals surface area contributed by atoms with Gasteiger partial charge in [0.1, 0.15) is 18.0 Å². The molecule has 0 bridgehead atoms. The fourth-order valence-electron chi connectivity index (χ4n) is 1.78. The minimum atomic E-state index is -0.520. The maximum Gasteiger partial charge on any atom is 0.293 e. The molecule has 0 radical (unpaired) electrons. The second kappa shape index (κ2) is 5.66. The molecule has 0 fully saturated rings. The van der Waals surface area contributed by atoms with Crippen LogP contribution in [0.5, 0.6) is 0 Å². The molecule has 0 spiro atoms. The van der Waals surface area contributed by atoms with Crippen molar-refractivity contribution in [3.05, 3.63) is 66.6 Å². The molecule has 0 saturated carbocycles. The van der Waals surface area contributed by atoms with E-state index in [0.29, 0.717) is 16.0 Å². The third-order valence-electron chi connectivity index (χ3n) is 2.81. The number of halogens is 1. The lowest BCUT2D eigenvalue weighted by Gasteiger charge is -1.99. The summed E-state index contributed by atoms with van der Waals surface area (Å²) in [6, 6.07) is 4.73. The number of aromatic amines is 1. The van der Waals surface area contributed by atoms with Gasteiger partial charge in [-0.05, 0) is 30.4 Å². The molecule has 0 aliphatic heterocycles. The van der Waals surface area contributed by atoms with Gasteiger partial charge in [0.2, 0.25) is 10.2 Å². The van der Waals surface area contributed by atoms with Crippen LogP contribution in [0.4, 0.5) is 0 Å². The van der Waals surface area contributed by atoms with E-state index in [1.54, 1.807) is 12.1 Å². The van der Waals surface area contributed by atoms with E-state index in [-0.39, 0.29) is 15.8 Å². The van der Waals surface area contributed by atoms with E-state index in [1.165, 1.54) is 18.5 Å². The van der Waals surface area contributed by atoms with Crippen LogP contribution in [0.1, 0.15) is 5.56 Å². The quantitative estimate of drug-likeness (QED) is 0.571. The number of benzene rings is 1. The number of fused-ring (bicyclic) bond motifs is 1. The van der Waals surface area contributed by atoms with Crippen molar-refractivity contribution in [2.75, 3.05) is 0 Å². The number of nitrogens with one attached hydrogen (secondary N) is 1. The Kier molecular flexibility index (Phi) is 3.70. The van der Waals surface area contributed by atoms with Gasteiger partial charge in [0.25, 0.3) is 5.56 Å². The van der Waals surface area contributed by atoms with Crippen LogP contribution >= 0.6 is 23.8 Å². The van der Waals surface area contributed by atoms with E-state index in [2.05, 4.69) is 15.3 Å². The van der Waals surface area contributed by atoms with Gasteiger partial charge in [-0.2, -0.15) is 14.9 Å². The third-order valence-corrected chi connectivity index (χ3v) is 3.31. The zero-order valence-corrected chi connectivity index (χ0v) is 12.4. The van der Waals surface area contributed by atoms with Crippen molar-refractivity contribution in [2.24, 2.45) is 5.10 Å². The fourth-order valence-corrected chi connectivity index (χ4v) is 2.14. The predicted octanol–water partition coefficient (Wildman–Crippen LogP) is 1.94. The molecule has 9 heteroatoms. The molecule has 0 amide bonds. The number of hydrogen-bond acceptors (Lipinski definition) is 6. The largest absolute Gasteiger partial charge is 0.463 e. The molecule has 1 aromatic carbocycles. The SMILES string of the molecule is O=c1c(/C=N/n2c(=O)cn[nH]c2=S)coc2ccc(Cl)cc12. The number of rotatable bonds is 2. The monoisotopic (exact) mass is 334 g/mol. The van der Waals surface area contributed by atoms with Gasteiger partial charge in [0.15, 0.2) is 0 Å². The van der Waals surface area contributed by atoms with Crippen molar-refractivity contribution in [3.8, 4) is 0 Å². The van der Waals surface area contributed by atoms with Crippen molar-refractivity contribution in [1.29, 1.82) is 0 Å². The highest BCUT2D eigenvalue weighted by molar-refractivity contribution is 7.71. The van der Waals surface area contributed by atoms with Gasteiger partial charge in [-0.15, -0.1) is 0 Å². The van der Waals surface area contributed by atoms with Gasteiger partial charge in [-0.25, -0.2) is 0 Å². The summed E-state index contributed by atoms with van der Waals surface area (Å²) in [7, 11) is 0. The summed E-state index contributed by atoms with van der Waals surface area (Å²) in [6.45, 7) is 0. The second-order valence-electron chi connectivity index (χ2n) is 4.23. The van der Waals surface area contributed by atoms with Crippen LogP contribution in [-0.4, -0.2) is 21.1 Å². The second-order valence-corrected chi connectivity index (χ2v) is 5.05. The van der Waals surface area contributed by atoms with Crippen molar-refractivity contribution in [3.63, 3.8) is 0 Å². The maximum atomic E-state index is 12.3. The van der Waals surface area contributed by atoms with Gasteiger partial charge in [0, 0.05) is 5.02 Å². The molecule has 0 atom stereocenters. The van der Waals surface area contributed by atoms with Crippen LogP contribution in [0.15, 0.2) is 49.8 Å². The topological polar surface area (TPSA) is 93.2 Å². The van der Waals surface area contributed by atoms with Crippen LogP contribution in [-0.2, 0) is 0 Å². The van der Waals surface area contributed by atoms with E-state index in [0.717, 1.165) is 10.9 Å². The first-order valence-corrected chi connectivity index (χ1v) is 6.77. The number of hydrogen-bond donors (Lipinski definition) is 1. The molecule has 110 valence electrons. The number of H-pyrrole nitrogens is 1. The van der Waals surface area contributed by atoms with Crippen molar-refractivity contribution in [2.45, 2.75) is 0 Å². The molecule has 0 saturated heterocycles. The summed E-state index contributed by atoms with van der Waals surface area (Å²) in [6.07, 6.45) is 3.47. The first-order valence-electron chi connectivity index (χ1n) is 5.98. The van der Waals surface area contributed by atoms with Crippen LogP contribution in [0, 0.1) is 4.77 Å². The van der Waals surface area contributed by atoms with E-state index in [9.17, 15) is 9.59 Å². The fraction of sp³-hybridized carbons (Fsp3) is 0. The van der Waals surface area contributed by atoms with Crippen LogP contribution in [0.2, 0.25) is 5.02 Å². The molecule has 22 heavy (non-hydrogen) atoms. The predicted molar refractivity (Wildman–Crippen MR) is 84.2 cm³/mol. The molecule has 3 rings (SSSR count). The summed E-state index contributed by atoms with van der Waals surface area (Å²) in [5, 5.41) is 10.6. The zero-order valence-electron chi connectivity index (χ0n) is 10.8. The summed E-state index contributed by atoms with van der Waals surface area (Å²) < 4.78 is 6.26. The Morgan fingerprint density at radius 1 is 1.41 bits per heavy atom. The summed E-state index contributed by atoms with van der Waals surface area (Å²) in [4.78, 5) is 23.9. The highest BCUT2D eigenvalue weighted by Gasteiger charge is 2.06. The van der Waals surface area contributed by atoms with Crippen LogP contribution < -0.4 is 11.0 Å². The van der Waals surface area contributed by atoms with E-state index >= 15 is 0 Å². The van der Waals surface area contributed by atoms with Crippen molar-refractivity contribution < 1.29 is 4.42 Å².